The molecule has 0 radical (unpaired) electrons. The molecule has 0 heterocycles. The minimum Gasteiger partial charge on any atom is -0.481 e. The predicted molar refractivity (Wildman–Crippen MR) is 39.8 cm³/mol. The van der Waals surface area contributed by atoms with E-state index in [1.807, 2.05) is 0 Å². The molecule has 2 unspecified atom stereocenters. The molecule has 12 heavy (non-hydrogen) atoms. The van der Waals surface area contributed by atoms with E-state index in [-0.39, 0.29) is 0 Å². The van der Waals surface area contributed by atoms with Gasteiger partial charge in [-0.15, -0.1) is 0 Å². The molecule has 0 bridgehead atoms. The maximum absolute atomic E-state index is 10.5. The van der Waals surface area contributed by atoms with Gasteiger partial charge in [-0.2, -0.15) is 0 Å². The molecule has 2 atom stereocenters. The minimum atomic E-state index is -1.15. The molecule has 0 aliphatic rings. The molecule has 0 spiro atoms. The van der Waals surface area contributed by atoms with Gasteiger partial charge in [0, 0.05) is 7.11 Å². The SMILES string of the molecule is COC(C)C(CC(=O)O)C(=O)O. The van der Waals surface area contributed by atoms with E-state index < -0.39 is 30.4 Å². The van der Waals surface area contributed by atoms with Crippen LogP contribution in [0, 0.1) is 5.92 Å². The molecule has 5 heteroatoms. The Morgan fingerprint density at radius 3 is 2.17 bits per heavy atom. The molecule has 0 aromatic heterocycles. The van der Waals surface area contributed by atoms with Gasteiger partial charge < -0.3 is 14.9 Å². The first-order chi connectivity index (χ1) is 5.49. The van der Waals surface area contributed by atoms with Crippen molar-refractivity contribution in [3.8, 4) is 0 Å². The van der Waals surface area contributed by atoms with Crippen molar-refractivity contribution in [2.45, 2.75) is 19.4 Å². The molecular formula is C7H12O5. The monoisotopic (exact) mass is 176 g/mol. The Morgan fingerprint density at radius 2 is 1.92 bits per heavy atom. The lowest BCUT2D eigenvalue weighted by atomic mass is 10.0. The summed E-state index contributed by atoms with van der Waals surface area (Å²) in [4.78, 5) is 20.7. The van der Waals surface area contributed by atoms with Crippen molar-refractivity contribution in [2.24, 2.45) is 5.92 Å². The van der Waals surface area contributed by atoms with E-state index in [1.54, 1.807) is 0 Å². The van der Waals surface area contributed by atoms with Gasteiger partial charge in [0.05, 0.1) is 18.4 Å². The molecule has 5 nitrogen and oxygen atoms in total. The summed E-state index contributed by atoms with van der Waals surface area (Å²) >= 11 is 0. The fraction of sp³-hybridized carbons (Fsp3) is 0.714. The molecule has 0 fully saturated rings. The molecule has 0 aliphatic heterocycles. The van der Waals surface area contributed by atoms with Gasteiger partial charge >= 0.3 is 11.9 Å². The van der Waals surface area contributed by atoms with Gasteiger partial charge in [-0.3, -0.25) is 9.59 Å². The highest BCUT2D eigenvalue weighted by molar-refractivity contribution is 5.78. The molecular weight excluding hydrogens is 164 g/mol. The largest absolute Gasteiger partial charge is 0.481 e. The van der Waals surface area contributed by atoms with E-state index in [9.17, 15) is 9.59 Å². The second kappa shape index (κ2) is 4.71. The number of carbonyl (C=O) groups is 2. The van der Waals surface area contributed by atoms with E-state index in [0.29, 0.717) is 0 Å². The Morgan fingerprint density at radius 1 is 1.42 bits per heavy atom. The number of hydrogen-bond donors (Lipinski definition) is 2. The van der Waals surface area contributed by atoms with E-state index in [0.717, 1.165) is 0 Å². The third kappa shape index (κ3) is 3.34. The fourth-order valence-electron chi connectivity index (χ4n) is 0.806. The minimum absolute atomic E-state index is 0.412. The van der Waals surface area contributed by atoms with Crippen molar-refractivity contribution in [3.63, 3.8) is 0 Å². The van der Waals surface area contributed by atoms with Crippen molar-refractivity contribution < 1.29 is 24.5 Å². The van der Waals surface area contributed by atoms with Crippen LogP contribution in [0.3, 0.4) is 0 Å². The lowest BCUT2D eigenvalue weighted by molar-refractivity contribution is -0.152. The van der Waals surface area contributed by atoms with Gasteiger partial charge in [0.25, 0.3) is 0 Å². The van der Waals surface area contributed by atoms with Crippen LogP contribution in [-0.4, -0.2) is 35.4 Å². The summed E-state index contributed by atoms with van der Waals surface area (Å²) in [5.74, 6) is -3.26. The average Bonchev–Trinajstić information content (AvgIpc) is 1.98. The highest BCUT2D eigenvalue weighted by Gasteiger charge is 2.26. The Labute approximate surface area is 70.0 Å². The Kier molecular flexibility index (Phi) is 4.28. The summed E-state index contributed by atoms with van der Waals surface area (Å²) in [6, 6.07) is 0. The first-order valence-corrected chi connectivity index (χ1v) is 3.46. The second-order valence-corrected chi connectivity index (χ2v) is 2.48. The maximum atomic E-state index is 10.5. The zero-order valence-electron chi connectivity index (χ0n) is 6.98. The normalized spacial score (nSPS) is 15.2. The number of methoxy groups -OCH3 is 1. The summed E-state index contributed by atoms with van der Waals surface area (Å²) in [7, 11) is 1.35. The number of carboxylic acids is 2. The van der Waals surface area contributed by atoms with Crippen LogP contribution < -0.4 is 0 Å². The van der Waals surface area contributed by atoms with Crippen molar-refractivity contribution in [1.29, 1.82) is 0 Å². The Hall–Kier alpha value is -1.10. The Balaban J connectivity index is 4.22. The molecule has 0 aromatic carbocycles. The number of carboxylic acid groups (broad SMARTS) is 2. The van der Waals surface area contributed by atoms with Crippen LogP contribution in [-0.2, 0) is 14.3 Å². The van der Waals surface area contributed by atoms with Gasteiger partial charge in [0.15, 0.2) is 0 Å². The van der Waals surface area contributed by atoms with Crippen molar-refractivity contribution in [1.82, 2.24) is 0 Å². The van der Waals surface area contributed by atoms with Crippen molar-refractivity contribution in [3.05, 3.63) is 0 Å². The smallest absolute Gasteiger partial charge is 0.309 e. The van der Waals surface area contributed by atoms with Gasteiger partial charge in [-0.25, -0.2) is 0 Å². The lowest BCUT2D eigenvalue weighted by Gasteiger charge is -2.16. The van der Waals surface area contributed by atoms with Crippen LogP contribution in [0.4, 0.5) is 0 Å². The van der Waals surface area contributed by atoms with Crippen LogP contribution in [0.5, 0.6) is 0 Å². The molecule has 70 valence electrons. The highest BCUT2D eigenvalue weighted by atomic mass is 16.5. The summed E-state index contributed by atoms with van der Waals surface area (Å²) in [5, 5.41) is 16.9. The summed E-state index contributed by atoms with van der Waals surface area (Å²) in [5.41, 5.74) is 0. The molecule has 0 rings (SSSR count). The maximum Gasteiger partial charge on any atom is 0.309 e. The van der Waals surface area contributed by atoms with Crippen LogP contribution in [0.1, 0.15) is 13.3 Å². The first kappa shape index (κ1) is 10.9. The number of ether oxygens (including phenoxy) is 1. The van der Waals surface area contributed by atoms with Crippen LogP contribution in [0.2, 0.25) is 0 Å². The van der Waals surface area contributed by atoms with Crippen molar-refractivity contribution in [2.75, 3.05) is 7.11 Å². The van der Waals surface area contributed by atoms with Crippen LogP contribution in [0.25, 0.3) is 0 Å². The molecule has 0 saturated carbocycles. The topological polar surface area (TPSA) is 83.8 Å². The van der Waals surface area contributed by atoms with E-state index in [2.05, 4.69) is 0 Å². The van der Waals surface area contributed by atoms with Gasteiger partial charge in [-0.05, 0) is 6.92 Å². The number of hydrogen-bond acceptors (Lipinski definition) is 3. The molecule has 0 aliphatic carbocycles. The average molecular weight is 176 g/mol. The summed E-state index contributed by atoms with van der Waals surface area (Å²) < 4.78 is 4.73. The predicted octanol–water partition coefficient (Wildman–Crippen LogP) is 0.197. The zero-order chi connectivity index (χ0) is 9.72. The molecule has 0 saturated heterocycles. The lowest BCUT2D eigenvalue weighted by Crippen LogP contribution is -2.29. The van der Waals surface area contributed by atoms with E-state index >= 15 is 0 Å². The molecule has 0 aromatic rings. The highest BCUT2D eigenvalue weighted by Crippen LogP contribution is 2.11. The fourth-order valence-corrected chi connectivity index (χ4v) is 0.806. The summed E-state index contributed by atoms with van der Waals surface area (Å²) in [6.45, 7) is 1.53. The van der Waals surface area contributed by atoms with Gasteiger partial charge in [0.2, 0.25) is 0 Å². The molecule has 2 N–H and O–H groups in total. The van der Waals surface area contributed by atoms with Gasteiger partial charge in [-0.1, -0.05) is 0 Å². The van der Waals surface area contributed by atoms with Crippen molar-refractivity contribution >= 4 is 11.9 Å². The standard InChI is InChI=1S/C7H12O5/c1-4(12-2)5(7(10)11)3-6(8)9/h4-5H,3H2,1-2H3,(H,8,9)(H,10,11). The van der Waals surface area contributed by atoms with E-state index in [1.165, 1.54) is 14.0 Å². The third-order valence-electron chi connectivity index (χ3n) is 1.65. The van der Waals surface area contributed by atoms with E-state index in [4.69, 9.17) is 14.9 Å². The van der Waals surface area contributed by atoms with Gasteiger partial charge in [0.1, 0.15) is 0 Å². The Bertz CT molecular complexity index is 177. The first-order valence-electron chi connectivity index (χ1n) is 3.46. The zero-order valence-corrected chi connectivity index (χ0v) is 6.98. The molecule has 0 amide bonds. The number of aliphatic carboxylic acids is 2. The summed E-state index contributed by atoms with van der Waals surface area (Å²) in [6.07, 6.45) is -0.997. The third-order valence-corrected chi connectivity index (χ3v) is 1.65. The quantitative estimate of drug-likeness (QED) is 0.625. The van der Waals surface area contributed by atoms with Crippen LogP contribution >= 0.6 is 0 Å². The second-order valence-electron chi connectivity index (χ2n) is 2.48. The van der Waals surface area contributed by atoms with Crippen LogP contribution in [0.15, 0.2) is 0 Å². The number of rotatable bonds is 5.